The fraction of sp³-hybridized carbons (Fsp3) is 0.522. The van der Waals surface area contributed by atoms with E-state index in [4.69, 9.17) is 9.84 Å². The molecule has 0 heterocycles. The first-order chi connectivity index (χ1) is 15.1. The number of alkyl halides is 3. The Morgan fingerprint density at radius 1 is 1.22 bits per heavy atom. The molecule has 1 saturated carbocycles. The van der Waals surface area contributed by atoms with E-state index < -0.39 is 36.0 Å². The molecule has 5 atom stereocenters. The zero-order chi connectivity index (χ0) is 23.7. The molecule has 0 saturated heterocycles. The number of hydrogen-bond acceptors (Lipinski definition) is 5. The van der Waals surface area contributed by atoms with Gasteiger partial charge in [0.15, 0.2) is 0 Å². The van der Waals surface area contributed by atoms with E-state index in [0.717, 1.165) is 31.1 Å². The van der Waals surface area contributed by atoms with Gasteiger partial charge in [-0.1, -0.05) is 30.7 Å². The van der Waals surface area contributed by atoms with Crippen molar-refractivity contribution in [2.24, 2.45) is 11.8 Å². The van der Waals surface area contributed by atoms with Crippen molar-refractivity contribution in [3.05, 3.63) is 54.1 Å². The molecule has 0 radical (unpaired) electrons. The number of unbranched alkanes of at least 4 members (excludes halogenated alkanes) is 2. The summed E-state index contributed by atoms with van der Waals surface area (Å²) in [5.74, 6) is -1.59. The number of rotatable bonds is 11. The molecule has 0 aromatic heterocycles. The van der Waals surface area contributed by atoms with Crippen molar-refractivity contribution in [1.82, 2.24) is 0 Å². The minimum absolute atomic E-state index is 0.0153. The summed E-state index contributed by atoms with van der Waals surface area (Å²) in [4.78, 5) is 10.4. The third-order valence-corrected chi connectivity index (χ3v) is 5.47. The lowest BCUT2D eigenvalue weighted by molar-refractivity contribution is -0.137. The largest absolute Gasteiger partial charge is 0.491 e. The first kappa shape index (κ1) is 25.9. The van der Waals surface area contributed by atoms with E-state index in [1.54, 1.807) is 12.2 Å². The number of hydrogen-bond donors (Lipinski definition) is 4. The van der Waals surface area contributed by atoms with Crippen molar-refractivity contribution in [2.45, 2.75) is 56.6 Å². The lowest BCUT2D eigenvalue weighted by Crippen LogP contribution is -2.22. The Morgan fingerprint density at radius 3 is 2.66 bits per heavy atom. The topological polar surface area (TPSA) is 107 Å². The highest BCUT2D eigenvalue weighted by molar-refractivity contribution is 5.79. The number of carbonyl (C=O) groups is 1. The number of benzene rings is 1. The van der Waals surface area contributed by atoms with E-state index in [-0.39, 0.29) is 30.6 Å². The highest BCUT2D eigenvalue weighted by Gasteiger charge is 2.39. The Balaban J connectivity index is 1.85. The molecule has 0 amide bonds. The normalized spacial score (nSPS) is 24.9. The summed E-state index contributed by atoms with van der Waals surface area (Å²) < 4.78 is 43.5. The number of carboxylic acid groups (broad SMARTS) is 1. The second kappa shape index (κ2) is 12.0. The molecule has 1 fully saturated rings. The number of carboxylic acids is 1. The molecule has 0 spiro atoms. The van der Waals surface area contributed by atoms with Gasteiger partial charge in [0, 0.05) is 18.4 Å². The maximum absolute atomic E-state index is 12.8. The van der Waals surface area contributed by atoms with E-state index in [1.807, 2.05) is 0 Å². The summed E-state index contributed by atoms with van der Waals surface area (Å²) in [5.41, 5.74) is -0.843. The Morgan fingerprint density at radius 2 is 1.97 bits per heavy atom. The molecule has 1 aromatic carbocycles. The lowest BCUT2D eigenvalue weighted by Gasteiger charge is -2.21. The van der Waals surface area contributed by atoms with Crippen LogP contribution in [-0.4, -0.2) is 51.3 Å². The van der Waals surface area contributed by atoms with Crippen LogP contribution < -0.4 is 4.74 Å². The number of aliphatic hydroxyl groups is 3. The zero-order valence-electron chi connectivity index (χ0n) is 17.5. The molecule has 32 heavy (non-hydrogen) atoms. The van der Waals surface area contributed by atoms with E-state index in [2.05, 4.69) is 0 Å². The number of halogens is 3. The Kier molecular flexibility index (Phi) is 9.74. The van der Waals surface area contributed by atoms with Crippen molar-refractivity contribution in [3.63, 3.8) is 0 Å². The maximum Gasteiger partial charge on any atom is 0.416 e. The average molecular weight is 458 g/mol. The molecule has 4 N–H and O–H groups in total. The standard InChI is InChI=1S/C23H29F3O6/c24-23(25,26)15-6-5-7-17(12-15)32-14-16(27)10-11-19-18(20(28)13-21(19)29)8-3-1-2-4-9-22(30)31/h4-7,9-12,16,18-21,27-29H,1-3,8,13-14H2,(H,30,31)/b9-4-,11-10+/t16-,18-,19-,20+,21-/m1/s1. The van der Waals surface area contributed by atoms with Crippen LogP contribution in [0, 0.1) is 11.8 Å². The fourth-order valence-electron chi connectivity index (χ4n) is 3.86. The Labute approximate surface area is 184 Å². The van der Waals surface area contributed by atoms with Crippen LogP contribution in [0.25, 0.3) is 0 Å². The Bertz CT molecular complexity index is 792. The van der Waals surface area contributed by atoms with E-state index in [1.165, 1.54) is 18.2 Å². The predicted molar refractivity (Wildman–Crippen MR) is 111 cm³/mol. The van der Waals surface area contributed by atoms with Crippen LogP contribution in [0.2, 0.25) is 0 Å². The van der Waals surface area contributed by atoms with Crippen LogP contribution in [0.5, 0.6) is 5.75 Å². The van der Waals surface area contributed by atoms with Crippen molar-refractivity contribution in [1.29, 1.82) is 0 Å². The minimum Gasteiger partial charge on any atom is -0.491 e. The maximum atomic E-state index is 12.8. The summed E-state index contributed by atoms with van der Waals surface area (Å²) >= 11 is 0. The number of ether oxygens (including phenoxy) is 1. The Hall–Kier alpha value is -2.36. The van der Waals surface area contributed by atoms with Gasteiger partial charge in [-0.15, -0.1) is 0 Å². The van der Waals surface area contributed by atoms with E-state index in [9.17, 15) is 33.3 Å². The molecule has 6 nitrogen and oxygen atoms in total. The molecule has 2 rings (SSSR count). The third-order valence-electron chi connectivity index (χ3n) is 5.47. The second-order valence-corrected chi connectivity index (χ2v) is 7.93. The summed E-state index contributed by atoms with van der Waals surface area (Å²) in [7, 11) is 0. The van der Waals surface area contributed by atoms with Crippen LogP contribution in [0.15, 0.2) is 48.6 Å². The summed E-state index contributed by atoms with van der Waals surface area (Å²) in [6.07, 6.45) is 1.58. The van der Waals surface area contributed by atoms with Gasteiger partial charge in [0.1, 0.15) is 18.5 Å². The van der Waals surface area contributed by atoms with Crippen molar-refractivity contribution in [3.8, 4) is 5.75 Å². The quantitative estimate of drug-likeness (QED) is 0.230. The SMILES string of the molecule is O=C(O)/C=C\CCCC[C@@H]1[C@@H](/C=C/[C@@H](O)COc2cccc(C(F)(F)F)c2)[C@H](O)C[C@@H]1O. The third kappa shape index (κ3) is 8.29. The molecular formula is C23H29F3O6. The highest BCUT2D eigenvalue weighted by Crippen LogP contribution is 2.37. The van der Waals surface area contributed by atoms with Gasteiger partial charge >= 0.3 is 12.1 Å². The predicted octanol–water partition coefficient (Wildman–Crippen LogP) is 3.56. The van der Waals surface area contributed by atoms with Crippen LogP contribution in [-0.2, 0) is 11.0 Å². The van der Waals surface area contributed by atoms with Crippen LogP contribution in [0.3, 0.4) is 0 Å². The van der Waals surface area contributed by atoms with Crippen molar-refractivity contribution in [2.75, 3.05) is 6.61 Å². The molecule has 0 aliphatic heterocycles. The molecular weight excluding hydrogens is 429 g/mol. The average Bonchev–Trinajstić information content (AvgIpc) is 2.99. The number of allylic oxidation sites excluding steroid dienone is 1. The number of aliphatic carboxylic acids is 1. The van der Waals surface area contributed by atoms with Gasteiger partial charge in [-0.05, 0) is 43.4 Å². The van der Waals surface area contributed by atoms with Gasteiger partial charge in [0.05, 0.1) is 17.8 Å². The van der Waals surface area contributed by atoms with Gasteiger partial charge in [0.25, 0.3) is 0 Å². The molecule has 1 aliphatic rings. The summed E-state index contributed by atoms with van der Waals surface area (Å²) in [6, 6.07) is 4.37. The van der Waals surface area contributed by atoms with Gasteiger partial charge in [0.2, 0.25) is 0 Å². The molecule has 0 bridgehead atoms. The highest BCUT2D eigenvalue weighted by atomic mass is 19.4. The second-order valence-electron chi connectivity index (χ2n) is 7.93. The van der Waals surface area contributed by atoms with Crippen LogP contribution >= 0.6 is 0 Å². The first-order valence-electron chi connectivity index (χ1n) is 10.5. The first-order valence-corrected chi connectivity index (χ1v) is 10.5. The van der Waals surface area contributed by atoms with E-state index >= 15 is 0 Å². The minimum atomic E-state index is -4.49. The molecule has 9 heteroatoms. The van der Waals surface area contributed by atoms with Crippen molar-refractivity contribution < 1.29 is 43.1 Å². The number of aliphatic hydroxyl groups excluding tert-OH is 3. The molecule has 178 valence electrons. The monoisotopic (exact) mass is 458 g/mol. The fourth-order valence-corrected chi connectivity index (χ4v) is 3.86. The molecule has 1 aromatic rings. The van der Waals surface area contributed by atoms with Gasteiger partial charge in [-0.25, -0.2) is 4.79 Å². The summed E-state index contributed by atoms with van der Waals surface area (Å²) in [6.45, 7) is -0.260. The van der Waals surface area contributed by atoms with Crippen LogP contribution in [0.4, 0.5) is 13.2 Å². The van der Waals surface area contributed by atoms with Crippen LogP contribution in [0.1, 0.15) is 37.7 Å². The molecule has 0 unspecified atom stereocenters. The summed E-state index contributed by atoms with van der Waals surface area (Å²) in [5, 5.41) is 39.2. The van der Waals surface area contributed by atoms with Gasteiger partial charge in [-0.2, -0.15) is 13.2 Å². The lowest BCUT2D eigenvalue weighted by atomic mass is 9.88. The van der Waals surface area contributed by atoms with Gasteiger partial charge < -0.3 is 25.2 Å². The van der Waals surface area contributed by atoms with E-state index in [0.29, 0.717) is 12.8 Å². The van der Waals surface area contributed by atoms with Gasteiger partial charge in [-0.3, -0.25) is 0 Å². The smallest absolute Gasteiger partial charge is 0.416 e. The zero-order valence-corrected chi connectivity index (χ0v) is 17.5. The van der Waals surface area contributed by atoms with Crippen molar-refractivity contribution >= 4 is 5.97 Å². The molecule has 1 aliphatic carbocycles.